The van der Waals surface area contributed by atoms with Gasteiger partial charge in [-0.2, -0.15) is 0 Å². The Morgan fingerprint density at radius 2 is 2.00 bits per heavy atom. The van der Waals surface area contributed by atoms with Crippen molar-refractivity contribution in [2.24, 2.45) is 0 Å². The maximum Gasteiger partial charge on any atom is 0.237 e. The highest BCUT2D eigenvalue weighted by molar-refractivity contribution is 6.73. The molecule has 0 aromatic heterocycles. The highest BCUT2D eigenvalue weighted by Crippen LogP contribution is 2.29. The number of rotatable bonds is 5. The fraction of sp³-hybridized carbons (Fsp3) is 0.929. The third kappa shape index (κ3) is 3.20. The molecule has 4 nitrogen and oxygen atoms in total. The molecule has 2 fully saturated rings. The summed E-state index contributed by atoms with van der Waals surface area (Å²) in [6.07, 6.45) is 2.23. The molecule has 2 aliphatic rings. The Hall–Kier alpha value is -0.393. The molecule has 0 unspecified atom stereocenters. The summed E-state index contributed by atoms with van der Waals surface area (Å²) < 4.78 is 6.54. The van der Waals surface area contributed by atoms with Gasteiger partial charge in [0.05, 0.1) is 12.1 Å². The summed E-state index contributed by atoms with van der Waals surface area (Å²) in [5, 5.41) is 3.02. The highest BCUT2D eigenvalue weighted by Gasteiger charge is 2.41. The average molecular weight is 284 g/mol. The van der Waals surface area contributed by atoms with Crippen molar-refractivity contribution < 1.29 is 9.22 Å². The van der Waals surface area contributed by atoms with Crippen LogP contribution in [-0.2, 0) is 9.22 Å². The van der Waals surface area contributed by atoms with Crippen LogP contribution in [0.1, 0.15) is 33.6 Å². The molecule has 1 N–H and O–H groups in total. The van der Waals surface area contributed by atoms with Gasteiger partial charge in [-0.1, -0.05) is 20.8 Å². The van der Waals surface area contributed by atoms with Gasteiger partial charge < -0.3 is 9.74 Å². The highest BCUT2D eigenvalue weighted by atomic mass is 28.4. The van der Waals surface area contributed by atoms with E-state index in [1.807, 2.05) is 0 Å². The van der Waals surface area contributed by atoms with E-state index in [4.69, 9.17) is 4.43 Å². The Kier molecular flexibility index (Phi) is 5.03. The fourth-order valence-electron chi connectivity index (χ4n) is 3.43. The zero-order chi connectivity index (χ0) is 13.9. The maximum atomic E-state index is 12.0. The van der Waals surface area contributed by atoms with Crippen LogP contribution in [0.15, 0.2) is 0 Å². The molecule has 0 aromatic carbocycles. The predicted molar refractivity (Wildman–Crippen MR) is 79.7 cm³/mol. The Bertz CT molecular complexity index is 312. The van der Waals surface area contributed by atoms with Crippen molar-refractivity contribution in [2.75, 3.05) is 19.6 Å². The molecule has 0 aromatic rings. The quantitative estimate of drug-likeness (QED) is 0.785. The van der Waals surface area contributed by atoms with Crippen LogP contribution in [-0.4, -0.2) is 50.9 Å². The van der Waals surface area contributed by atoms with Crippen LogP contribution in [0, 0.1) is 0 Å². The van der Waals surface area contributed by atoms with E-state index >= 15 is 0 Å². The van der Waals surface area contributed by atoms with Crippen molar-refractivity contribution in [2.45, 2.75) is 63.9 Å². The molecular weight excluding hydrogens is 256 g/mol. The molecule has 0 aliphatic carbocycles. The van der Waals surface area contributed by atoms with Crippen LogP contribution in [0.3, 0.4) is 0 Å². The molecule has 19 heavy (non-hydrogen) atoms. The molecule has 1 amide bonds. The number of hydrogen-bond acceptors (Lipinski definition) is 3. The Labute approximate surface area is 118 Å². The maximum absolute atomic E-state index is 12.0. The van der Waals surface area contributed by atoms with Crippen LogP contribution < -0.4 is 5.32 Å². The minimum Gasteiger partial charge on any atom is -0.413 e. The summed E-state index contributed by atoms with van der Waals surface area (Å²) in [5.41, 5.74) is 0. The predicted octanol–water partition coefficient (Wildman–Crippen LogP) is 1.97. The number of carbonyl (C=O) groups excluding carboxylic acids is 1. The van der Waals surface area contributed by atoms with E-state index in [0.717, 1.165) is 32.5 Å². The van der Waals surface area contributed by atoms with Crippen LogP contribution in [0.25, 0.3) is 0 Å². The fourth-order valence-corrected chi connectivity index (χ4v) is 6.31. The van der Waals surface area contributed by atoms with Gasteiger partial charge in [0.1, 0.15) is 0 Å². The molecule has 2 rings (SSSR count). The molecule has 5 heteroatoms. The van der Waals surface area contributed by atoms with Crippen LogP contribution in [0.2, 0.25) is 18.1 Å². The zero-order valence-corrected chi connectivity index (χ0v) is 13.6. The third-order valence-electron chi connectivity index (χ3n) is 4.94. The lowest BCUT2D eigenvalue weighted by Crippen LogP contribution is -2.40. The summed E-state index contributed by atoms with van der Waals surface area (Å²) in [4.78, 5) is 14.3. The molecule has 0 spiro atoms. The SMILES string of the molecule is CC[Si](CC)(CC)O[C@@H]1C[C@H]2C(=O)NCCCN2C1. The molecular formula is C14H28N2O2Si. The van der Waals surface area contributed by atoms with Crippen molar-refractivity contribution in [1.29, 1.82) is 0 Å². The summed E-state index contributed by atoms with van der Waals surface area (Å²) in [5.74, 6) is 0.209. The zero-order valence-electron chi connectivity index (χ0n) is 12.6. The van der Waals surface area contributed by atoms with E-state index in [1.54, 1.807) is 0 Å². The van der Waals surface area contributed by atoms with Crippen LogP contribution in [0.4, 0.5) is 0 Å². The topological polar surface area (TPSA) is 41.6 Å². The first-order valence-electron chi connectivity index (χ1n) is 7.83. The van der Waals surface area contributed by atoms with Gasteiger partial charge in [0.2, 0.25) is 5.91 Å². The van der Waals surface area contributed by atoms with E-state index in [1.165, 1.54) is 18.1 Å². The summed E-state index contributed by atoms with van der Waals surface area (Å²) in [7, 11) is -1.54. The minimum absolute atomic E-state index is 0.0600. The van der Waals surface area contributed by atoms with Gasteiger partial charge >= 0.3 is 0 Å². The molecule has 0 bridgehead atoms. The molecule has 0 saturated carbocycles. The molecule has 110 valence electrons. The molecule has 2 atom stereocenters. The first kappa shape index (κ1) is 15.0. The largest absolute Gasteiger partial charge is 0.413 e. The molecule has 2 aliphatic heterocycles. The number of nitrogens with one attached hydrogen (secondary N) is 1. The van der Waals surface area contributed by atoms with Crippen LogP contribution >= 0.6 is 0 Å². The van der Waals surface area contributed by atoms with Gasteiger partial charge in [-0.05, 0) is 31.0 Å². The lowest BCUT2D eigenvalue weighted by Gasteiger charge is -2.31. The summed E-state index contributed by atoms with van der Waals surface area (Å²) in [6.45, 7) is 9.60. The van der Waals surface area contributed by atoms with E-state index in [9.17, 15) is 4.79 Å². The lowest BCUT2D eigenvalue weighted by atomic mass is 10.2. The third-order valence-corrected chi connectivity index (χ3v) is 9.64. The monoisotopic (exact) mass is 284 g/mol. The normalized spacial score (nSPS) is 28.9. The van der Waals surface area contributed by atoms with Gasteiger partial charge in [0.15, 0.2) is 8.32 Å². The number of fused-ring (bicyclic) bond motifs is 1. The second-order valence-electron chi connectivity index (χ2n) is 5.87. The standard InChI is InChI=1S/C14H28N2O2Si/c1-4-19(5-2,6-3)18-12-10-13-14(17)15-8-7-9-16(13)11-12/h12-13H,4-11H2,1-3H3,(H,15,17)/t12-,13+/m1/s1. The summed E-state index contributed by atoms with van der Waals surface area (Å²) in [6, 6.07) is 3.62. The van der Waals surface area contributed by atoms with E-state index in [-0.39, 0.29) is 18.1 Å². The van der Waals surface area contributed by atoms with Crippen molar-refractivity contribution in [3.63, 3.8) is 0 Å². The number of carbonyl (C=O) groups is 1. The number of amides is 1. The second kappa shape index (κ2) is 6.37. The van der Waals surface area contributed by atoms with Gasteiger partial charge in [-0.15, -0.1) is 0 Å². The Balaban J connectivity index is 1.99. The molecule has 2 heterocycles. The second-order valence-corrected chi connectivity index (χ2v) is 10.6. The first-order chi connectivity index (χ1) is 9.14. The summed E-state index contributed by atoms with van der Waals surface area (Å²) >= 11 is 0. The van der Waals surface area contributed by atoms with Crippen molar-refractivity contribution >= 4 is 14.2 Å². The van der Waals surface area contributed by atoms with Crippen molar-refractivity contribution in [1.82, 2.24) is 10.2 Å². The Morgan fingerprint density at radius 3 is 2.63 bits per heavy atom. The van der Waals surface area contributed by atoms with Gasteiger partial charge in [0, 0.05) is 19.6 Å². The van der Waals surface area contributed by atoms with Gasteiger partial charge in [-0.3, -0.25) is 9.69 Å². The van der Waals surface area contributed by atoms with E-state index < -0.39 is 8.32 Å². The smallest absolute Gasteiger partial charge is 0.237 e. The first-order valence-corrected chi connectivity index (χ1v) is 10.4. The van der Waals surface area contributed by atoms with Crippen LogP contribution in [0.5, 0.6) is 0 Å². The number of nitrogens with zero attached hydrogens (tertiary/aromatic N) is 1. The molecule has 2 saturated heterocycles. The minimum atomic E-state index is -1.54. The van der Waals surface area contributed by atoms with Gasteiger partial charge in [-0.25, -0.2) is 0 Å². The van der Waals surface area contributed by atoms with E-state index in [2.05, 4.69) is 31.0 Å². The average Bonchev–Trinajstić information content (AvgIpc) is 2.76. The van der Waals surface area contributed by atoms with Crippen molar-refractivity contribution in [3.8, 4) is 0 Å². The molecule has 0 radical (unpaired) electrons. The van der Waals surface area contributed by atoms with Crippen molar-refractivity contribution in [3.05, 3.63) is 0 Å². The van der Waals surface area contributed by atoms with E-state index in [0.29, 0.717) is 0 Å². The van der Waals surface area contributed by atoms with Gasteiger partial charge in [0.25, 0.3) is 0 Å². The Morgan fingerprint density at radius 1 is 1.32 bits per heavy atom. The lowest BCUT2D eigenvalue weighted by molar-refractivity contribution is -0.124. The number of hydrogen-bond donors (Lipinski definition) is 1.